The van der Waals surface area contributed by atoms with Gasteiger partial charge in [-0.1, -0.05) is 17.3 Å². The number of rotatable bonds is 4. The molecule has 1 atom stereocenters. The fourth-order valence-electron chi connectivity index (χ4n) is 1.74. The summed E-state index contributed by atoms with van der Waals surface area (Å²) in [6.07, 6.45) is 0. The lowest BCUT2D eigenvalue weighted by Gasteiger charge is -2.10. The van der Waals surface area contributed by atoms with E-state index in [1.165, 1.54) is 0 Å². The summed E-state index contributed by atoms with van der Waals surface area (Å²) >= 11 is 0. The predicted molar refractivity (Wildman–Crippen MR) is 76.1 cm³/mol. The van der Waals surface area contributed by atoms with Gasteiger partial charge < -0.3 is 20.9 Å². The molecule has 0 saturated carbocycles. The first-order chi connectivity index (χ1) is 9.54. The lowest BCUT2D eigenvalue weighted by molar-refractivity contribution is 0.250. The highest BCUT2D eigenvalue weighted by atomic mass is 16.5. The topological polar surface area (TPSA) is 93.2 Å². The number of aryl methyl sites for hydroxylation is 1. The highest BCUT2D eigenvalue weighted by molar-refractivity contribution is 5.89. The van der Waals surface area contributed by atoms with Crippen molar-refractivity contribution in [1.29, 1.82) is 0 Å². The van der Waals surface area contributed by atoms with Crippen molar-refractivity contribution in [3.63, 3.8) is 0 Å². The van der Waals surface area contributed by atoms with Gasteiger partial charge in [-0.3, -0.25) is 0 Å². The van der Waals surface area contributed by atoms with E-state index in [1.807, 2.05) is 38.1 Å². The van der Waals surface area contributed by atoms with Crippen molar-refractivity contribution in [2.45, 2.75) is 26.4 Å². The van der Waals surface area contributed by atoms with Gasteiger partial charge in [0.05, 0.1) is 12.2 Å². The van der Waals surface area contributed by atoms with E-state index < -0.39 is 0 Å². The Bertz CT molecular complexity index is 592. The molecule has 20 heavy (non-hydrogen) atoms. The van der Waals surface area contributed by atoms with Crippen LogP contribution < -0.4 is 16.4 Å². The zero-order valence-corrected chi connectivity index (χ0v) is 11.5. The van der Waals surface area contributed by atoms with E-state index in [-0.39, 0.29) is 12.1 Å². The van der Waals surface area contributed by atoms with Crippen LogP contribution in [0.25, 0.3) is 0 Å². The number of amides is 2. The molecule has 0 aliphatic heterocycles. The summed E-state index contributed by atoms with van der Waals surface area (Å²) in [4.78, 5) is 11.8. The molecule has 2 rings (SSSR count). The van der Waals surface area contributed by atoms with E-state index in [4.69, 9.17) is 10.3 Å². The van der Waals surface area contributed by atoms with Gasteiger partial charge in [0.25, 0.3) is 0 Å². The van der Waals surface area contributed by atoms with Gasteiger partial charge in [0.15, 0.2) is 5.76 Å². The summed E-state index contributed by atoms with van der Waals surface area (Å²) in [5, 5.41) is 9.19. The van der Waals surface area contributed by atoms with Crippen molar-refractivity contribution >= 4 is 11.7 Å². The first-order valence-electron chi connectivity index (χ1n) is 6.37. The smallest absolute Gasteiger partial charge is 0.319 e. The fourth-order valence-corrected chi connectivity index (χ4v) is 1.74. The van der Waals surface area contributed by atoms with Crippen molar-refractivity contribution in [1.82, 2.24) is 10.5 Å². The Morgan fingerprint density at radius 2 is 2.25 bits per heavy atom. The van der Waals surface area contributed by atoms with Crippen LogP contribution in [0.5, 0.6) is 0 Å². The summed E-state index contributed by atoms with van der Waals surface area (Å²) in [7, 11) is 0. The third-order valence-corrected chi connectivity index (χ3v) is 2.77. The number of hydrogen-bond acceptors (Lipinski definition) is 4. The monoisotopic (exact) mass is 274 g/mol. The molecule has 2 amide bonds. The van der Waals surface area contributed by atoms with E-state index in [0.717, 1.165) is 11.3 Å². The van der Waals surface area contributed by atoms with E-state index in [0.29, 0.717) is 18.0 Å². The molecule has 0 spiro atoms. The molecule has 1 heterocycles. The molecular weight excluding hydrogens is 256 g/mol. The zero-order valence-electron chi connectivity index (χ0n) is 11.5. The molecule has 6 heteroatoms. The normalized spacial score (nSPS) is 11.9. The maximum atomic E-state index is 11.8. The van der Waals surface area contributed by atoms with Crippen LogP contribution >= 0.6 is 0 Å². The van der Waals surface area contributed by atoms with E-state index in [1.54, 1.807) is 6.07 Å². The predicted octanol–water partition coefficient (Wildman–Crippen LogP) is 2.32. The number of nitrogens with one attached hydrogen (secondary N) is 2. The van der Waals surface area contributed by atoms with Gasteiger partial charge in [0.1, 0.15) is 0 Å². The summed E-state index contributed by atoms with van der Waals surface area (Å²) in [6, 6.07) is 8.83. The van der Waals surface area contributed by atoms with Crippen LogP contribution in [0.3, 0.4) is 0 Å². The second kappa shape index (κ2) is 6.21. The minimum atomic E-state index is -0.305. The number of hydrogen-bond donors (Lipinski definition) is 3. The molecule has 106 valence electrons. The summed E-state index contributed by atoms with van der Waals surface area (Å²) in [6.45, 7) is 4.01. The Hall–Kier alpha value is -2.34. The second-order valence-electron chi connectivity index (χ2n) is 4.66. The summed E-state index contributed by atoms with van der Waals surface area (Å²) < 4.78 is 5.01. The van der Waals surface area contributed by atoms with Gasteiger partial charge in [0, 0.05) is 17.8 Å². The molecule has 0 radical (unpaired) electrons. The van der Waals surface area contributed by atoms with Crippen molar-refractivity contribution in [2.24, 2.45) is 5.73 Å². The second-order valence-corrected chi connectivity index (χ2v) is 4.66. The van der Waals surface area contributed by atoms with Crippen molar-refractivity contribution < 1.29 is 9.32 Å². The van der Waals surface area contributed by atoms with Crippen LogP contribution in [0.1, 0.15) is 30.0 Å². The molecule has 0 aliphatic rings. The Labute approximate surface area is 117 Å². The number of benzene rings is 1. The maximum absolute atomic E-state index is 11.8. The van der Waals surface area contributed by atoms with Crippen LogP contribution in [0, 0.1) is 6.92 Å². The maximum Gasteiger partial charge on any atom is 0.319 e. The highest BCUT2D eigenvalue weighted by Gasteiger charge is 2.06. The Morgan fingerprint density at radius 3 is 2.90 bits per heavy atom. The Kier molecular flexibility index (Phi) is 4.37. The lowest BCUT2D eigenvalue weighted by atomic mass is 10.1. The number of urea groups is 1. The summed E-state index contributed by atoms with van der Waals surface area (Å²) in [5.74, 6) is 0.613. The fraction of sp³-hybridized carbons (Fsp3) is 0.286. The Morgan fingerprint density at radius 1 is 1.45 bits per heavy atom. The zero-order chi connectivity index (χ0) is 14.5. The molecule has 4 N–H and O–H groups in total. The lowest BCUT2D eigenvalue weighted by Crippen LogP contribution is -2.28. The molecule has 1 aromatic carbocycles. The van der Waals surface area contributed by atoms with E-state index in [2.05, 4.69) is 15.8 Å². The van der Waals surface area contributed by atoms with Crippen molar-refractivity contribution in [2.75, 3.05) is 5.32 Å². The minimum Gasteiger partial charge on any atom is -0.359 e. The summed E-state index contributed by atoms with van der Waals surface area (Å²) in [5.41, 5.74) is 8.25. The molecule has 0 saturated heterocycles. The number of carbonyl (C=O) groups is 1. The molecular formula is C14H18N4O2. The largest absolute Gasteiger partial charge is 0.359 e. The number of anilines is 1. The van der Waals surface area contributed by atoms with Crippen molar-refractivity contribution in [3.05, 3.63) is 47.3 Å². The van der Waals surface area contributed by atoms with Gasteiger partial charge >= 0.3 is 6.03 Å². The average molecular weight is 274 g/mol. The van der Waals surface area contributed by atoms with Gasteiger partial charge in [-0.2, -0.15) is 0 Å². The SMILES string of the molecule is Cc1cc(CNC(=O)Nc2cccc(C(C)N)c2)on1. The van der Waals surface area contributed by atoms with Gasteiger partial charge in [0.2, 0.25) is 0 Å². The van der Waals surface area contributed by atoms with E-state index >= 15 is 0 Å². The minimum absolute atomic E-state index is 0.0722. The molecule has 0 aliphatic carbocycles. The average Bonchev–Trinajstić information content (AvgIpc) is 2.82. The van der Waals surface area contributed by atoms with Crippen LogP contribution in [-0.4, -0.2) is 11.2 Å². The van der Waals surface area contributed by atoms with Crippen LogP contribution in [0.4, 0.5) is 10.5 Å². The molecule has 1 aromatic heterocycles. The third kappa shape index (κ3) is 3.83. The number of carbonyl (C=O) groups excluding carboxylic acids is 1. The number of nitrogens with two attached hydrogens (primary N) is 1. The Balaban J connectivity index is 1.89. The first-order valence-corrected chi connectivity index (χ1v) is 6.37. The highest BCUT2D eigenvalue weighted by Crippen LogP contribution is 2.15. The molecule has 2 aromatic rings. The first kappa shape index (κ1) is 14.1. The van der Waals surface area contributed by atoms with E-state index in [9.17, 15) is 4.79 Å². The standard InChI is InChI=1S/C14H18N4O2/c1-9-6-13(20-18-9)8-16-14(19)17-12-5-3-4-11(7-12)10(2)15/h3-7,10H,8,15H2,1-2H3,(H2,16,17,19). The van der Waals surface area contributed by atoms with Gasteiger partial charge in [-0.15, -0.1) is 0 Å². The molecule has 0 fully saturated rings. The number of aromatic nitrogens is 1. The third-order valence-electron chi connectivity index (χ3n) is 2.77. The quantitative estimate of drug-likeness (QED) is 0.797. The number of nitrogens with zero attached hydrogens (tertiary/aromatic N) is 1. The van der Waals surface area contributed by atoms with Gasteiger partial charge in [-0.25, -0.2) is 4.79 Å². The van der Waals surface area contributed by atoms with Crippen LogP contribution in [-0.2, 0) is 6.54 Å². The van der Waals surface area contributed by atoms with Crippen LogP contribution in [0.15, 0.2) is 34.9 Å². The molecule has 6 nitrogen and oxygen atoms in total. The van der Waals surface area contributed by atoms with Gasteiger partial charge in [-0.05, 0) is 31.5 Å². The van der Waals surface area contributed by atoms with Crippen LogP contribution in [0.2, 0.25) is 0 Å². The molecule has 0 bridgehead atoms. The van der Waals surface area contributed by atoms with Crippen molar-refractivity contribution in [3.8, 4) is 0 Å². The molecule has 1 unspecified atom stereocenters.